The van der Waals surface area contributed by atoms with Crippen molar-refractivity contribution in [1.82, 2.24) is 14.9 Å². The first-order chi connectivity index (χ1) is 15.0. The number of hydrogen-bond donors (Lipinski definition) is 1. The third-order valence-corrected chi connectivity index (χ3v) is 5.88. The van der Waals surface area contributed by atoms with Crippen LogP contribution in [-0.4, -0.2) is 27.4 Å². The van der Waals surface area contributed by atoms with Crippen molar-refractivity contribution in [1.29, 1.82) is 0 Å². The first-order valence-corrected chi connectivity index (χ1v) is 11.1. The number of aromatic nitrogens is 2. The summed E-state index contributed by atoms with van der Waals surface area (Å²) in [6.45, 7) is 1.76. The predicted octanol–water partition coefficient (Wildman–Crippen LogP) is 4.42. The minimum absolute atomic E-state index is 0.0326. The van der Waals surface area contributed by atoms with Gasteiger partial charge in [-0.05, 0) is 61.6 Å². The Morgan fingerprint density at radius 3 is 2.68 bits per heavy atom. The number of carbonyl (C=O) groups excluding carboxylic acids is 2. The van der Waals surface area contributed by atoms with Gasteiger partial charge in [0.2, 0.25) is 0 Å². The number of anilines is 1. The highest BCUT2D eigenvalue weighted by Gasteiger charge is 2.37. The van der Waals surface area contributed by atoms with Crippen LogP contribution < -0.4 is 10.2 Å². The smallest absolute Gasteiger partial charge is 0.280 e. The lowest BCUT2D eigenvalue weighted by molar-refractivity contribution is -0.123. The van der Waals surface area contributed by atoms with Crippen LogP contribution in [0.3, 0.4) is 0 Å². The largest absolute Gasteiger partial charge is 0.464 e. The second kappa shape index (κ2) is 9.38. The van der Waals surface area contributed by atoms with Crippen molar-refractivity contribution < 1.29 is 18.4 Å². The van der Waals surface area contributed by atoms with Gasteiger partial charge in [-0.2, -0.15) is 0 Å². The molecule has 0 radical (unpaired) electrons. The number of benzene rings is 1. The molecular weight excluding hydrogens is 419 g/mol. The fourth-order valence-electron chi connectivity index (χ4n) is 3.89. The zero-order valence-corrected chi connectivity index (χ0v) is 17.9. The first kappa shape index (κ1) is 21.2. The predicted molar refractivity (Wildman–Crippen MR) is 114 cm³/mol. The van der Waals surface area contributed by atoms with Crippen LogP contribution in [0.25, 0.3) is 0 Å². The van der Waals surface area contributed by atoms with Crippen molar-refractivity contribution in [3.8, 4) is 0 Å². The maximum absolute atomic E-state index is 14.1. The minimum atomic E-state index is -1.12. The highest BCUT2D eigenvalue weighted by Crippen LogP contribution is 2.32. The molecule has 1 aliphatic rings. The van der Waals surface area contributed by atoms with Crippen molar-refractivity contribution in [2.24, 2.45) is 0 Å². The van der Waals surface area contributed by atoms with Gasteiger partial charge in [0.25, 0.3) is 11.8 Å². The van der Waals surface area contributed by atoms with Crippen LogP contribution in [0.1, 0.15) is 60.2 Å². The van der Waals surface area contributed by atoms with Crippen LogP contribution in [0.15, 0.2) is 46.2 Å². The molecule has 31 heavy (non-hydrogen) atoms. The van der Waals surface area contributed by atoms with Crippen LogP contribution in [0.4, 0.5) is 10.1 Å². The van der Waals surface area contributed by atoms with Gasteiger partial charge in [-0.15, -0.1) is 5.10 Å². The third kappa shape index (κ3) is 4.82. The number of furan rings is 1. The van der Waals surface area contributed by atoms with Crippen molar-refractivity contribution in [2.45, 2.75) is 51.1 Å². The van der Waals surface area contributed by atoms with Gasteiger partial charge in [0.1, 0.15) is 17.3 Å². The van der Waals surface area contributed by atoms with E-state index in [0.29, 0.717) is 11.5 Å². The van der Waals surface area contributed by atoms with Gasteiger partial charge in [0, 0.05) is 17.1 Å². The van der Waals surface area contributed by atoms with Gasteiger partial charge < -0.3 is 9.73 Å². The van der Waals surface area contributed by atoms with Gasteiger partial charge in [-0.3, -0.25) is 14.5 Å². The molecule has 0 spiro atoms. The molecule has 0 saturated heterocycles. The second-order valence-electron chi connectivity index (χ2n) is 7.64. The average molecular weight is 443 g/mol. The van der Waals surface area contributed by atoms with E-state index >= 15 is 0 Å². The summed E-state index contributed by atoms with van der Waals surface area (Å²) in [5, 5.41) is 8.43. The van der Waals surface area contributed by atoms with Crippen LogP contribution in [0, 0.1) is 12.7 Å². The van der Waals surface area contributed by atoms with E-state index in [2.05, 4.69) is 14.9 Å². The summed E-state index contributed by atoms with van der Waals surface area (Å²) in [5.74, 6) is -0.549. The molecule has 0 bridgehead atoms. The summed E-state index contributed by atoms with van der Waals surface area (Å²) in [5.41, 5.74) is 0.309. The van der Waals surface area contributed by atoms with Gasteiger partial charge in [0.15, 0.2) is 11.7 Å². The number of nitrogens with zero attached hydrogens (tertiary/aromatic N) is 3. The van der Waals surface area contributed by atoms with E-state index in [-0.39, 0.29) is 23.3 Å². The van der Waals surface area contributed by atoms with Crippen molar-refractivity contribution in [3.05, 3.63) is 64.8 Å². The summed E-state index contributed by atoms with van der Waals surface area (Å²) in [6.07, 6.45) is 5.02. The average Bonchev–Trinajstić information content (AvgIpc) is 3.44. The Bertz CT molecular complexity index is 1050. The van der Waals surface area contributed by atoms with E-state index in [4.69, 9.17) is 4.42 Å². The molecule has 2 heterocycles. The van der Waals surface area contributed by atoms with Crippen LogP contribution in [0.5, 0.6) is 0 Å². The SMILES string of the molecule is Cc1ccc([C@H](C(=O)NC2CCCCC2)N(C(=O)c2csnn2)c2cccc(F)c2)o1. The van der Waals surface area contributed by atoms with E-state index in [0.717, 1.165) is 43.6 Å². The number of aryl methyl sites for hydroxylation is 1. The maximum Gasteiger partial charge on any atom is 0.280 e. The van der Waals surface area contributed by atoms with E-state index in [9.17, 15) is 14.0 Å². The number of nitrogens with one attached hydrogen (secondary N) is 1. The van der Waals surface area contributed by atoms with Gasteiger partial charge >= 0.3 is 0 Å². The zero-order valence-electron chi connectivity index (χ0n) is 17.1. The highest BCUT2D eigenvalue weighted by atomic mass is 32.1. The van der Waals surface area contributed by atoms with Crippen LogP contribution >= 0.6 is 11.5 Å². The molecule has 1 fully saturated rings. The van der Waals surface area contributed by atoms with Crippen molar-refractivity contribution in [3.63, 3.8) is 0 Å². The summed E-state index contributed by atoms with van der Waals surface area (Å²) >= 11 is 1.03. The molecule has 9 heteroatoms. The molecule has 4 rings (SSSR count). The monoisotopic (exact) mass is 442 g/mol. The molecule has 1 aromatic carbocycles. The molecule has 3 aromatic rings. The Morgan fingerprint density at radius 2 is 2.03 bits per heavy atom. The van der Waals surface area contributed by atoms with Crippen molar-refractivity contribution in [2.75, 3.05) is 4.90 Å². The Balaban J connectivity index is 1.77. The zero-order chi connectivity index (χ0) is 21.8. The highest BCUT2D eigenvalue weighted by molar-refractivity contribution is 7.03. The topological polar surface area (TPSA) is 88.3 Å². The molecule has 1 N–H and O–H groups in total. The van der Waals surface area contributed by atoms with E-state index in [1.807, 2.05) is 0 Å². The number of rotatable bonds is 6. The molecule has 2 aromatic heterocycles. The third-order valence-electron chi connectivity index (χ3n) is 5.37. The number of amides is 2. The van der Waals surface area contributed by atoms with Crippen molar-refractivity contribution >= 4 is 29.0 Å². The maximum atomic E-state index is 14.1. The molecule has 0 unspecified atom stereocenters. The fraction of sp³-hybridized carbons (Fsp3) is 0.364. The van der Waals surface area contributed by atoms with E-state index in [1.54, 1.807) is 25.1 Å². The quantitative estimate of drug-likeness (QED) is 0.611. The Kier molecular flexibility index (Phi) is 6.41. The van der Waals surface area contributed by atoms with Gasteiger partial charge in [0.05, 0.1) is 0 Å². The summed E-state index contributed by atoms with van der Waals surface area (Å²) in [7, 11) is 0. The Morgan fingerprint density at radius 1 is 1.23 bits per heavy atom. The lowest BCUT2D eigenvalue weighted by Crippen LogP contribution is -2.47. The summed E-state index contributed by atoms with van der Waals surface area (Å²) in [6, 6.07) is 7.88. The van der Waals surface area contributed by atoms with Crippen LogP contribution in [0.2, 0.25) is 0 Å². The van der Waals surface area contributed by atoms with Crippen LogP contribution in [-0.2, 0) is 4.79 Å². The fourth-order valence-corrected chi connectivity index (χ4v) is 4.32. The molecule has 1 atom stereocenters. The first-order valence-electron chi connectivity index (χ1n) is 10.3. The lowest BCUT2D eigenvalue weighted by Gasteiger charge is -2.31. The number of hydrogen-bond acceptors (Lipinski definition) is 6. The van der Waals surface area contributed by atoms with Gasteiger partial charge in [-0.1, -0.05) is 29.8 Å². The van der Waals surface area contributed by atoms with Gasteiger partial charge in [-0.25, -0.2) is 4.39 Å². The minimum Gasteiger partial charge on any atom is -0.464 e. The Hall–Kier alpha value is -3.07. The molecular formula is C22H23FN4O3S. The molecule has 162 valence electrons. The Labute approximate surface area is 183 Å². The number of halogens is 1. The molecule has 1 aliphatic carbocycles. The standard InChI is InChI=1S/C22H23FN4O3S/c1-14-10-11-19(30-14)20(21(28)24-16-7-3-2-4-8-16)27(17-9-5-6-15(23)12-17)22(29)18-13-31-26-25-18/h5-6,9-13,16,20H,2-4,7-8H2,1H3,(H,24,28)/t20-/m1/s1. The summed E-state index contributed by atoms with van der Waals surface area (Å²) in [4.78, 5) is 28.2. The lowest BCUT2D eigenvalue weighted by atomic mass is 9.95. The molecule has 0 aliphatic heterocycles. The number of carbonyl (C=O) groups is 2. The molecule has 7 nitrogen and oxygen atoms in total. The normalized spacial score (nSPS) is 15.4. The van der Waals surface area contributed by atoms with E-state index < -0.39 is 17.8 Å². The second-order valence-corrected chi connectivity index (χ2v) is 8.25. The van der Waals surface area contributed by atoms with E-state index in [1.165, 1.54) is 28.5 Å². The molecule has 1 saturated carbocycles. The molecule has 2 amide bonds. The summed E-state index contributed by atoms with van der Waals surface area (Å²) < 4.78 is 23.6.